The first-order chi connectivity index (χ1) is 68.2. The van der Waals surface area contributed by atoms with Crippen molar-refractivity contribution in [1.82, 2.24) is 0 Å². The molecule has 0 radical (unpaired) electrons. The minimum Gasteiger partial charge on any atom is -0.497 e. The second kappa shape index (κ2) is 34.8. The summed E-state index contributed by atoms with van der Waals surface area (Å²) in [7, 11) is 3.44. The summed E-state index contributed by atoms with van der Waals surface area (Å²) in [5.41, 5.74) is 19.4. The monoisotopic (exact) mass is 1800 g/mol. The van der Waals surface area contributed by atoms with Gasteiger partial charge in [-0.1, -0.05) is 339 Å². The molecule has 0 fully saturated rings. The van der Waals surface area contributed by atoms with Gasteiger partial charge in [-0.15, -0.1) is 0 Å². The van der Waals surface area contributed by atoms with Crippen molar-refractivity contribution in [3.8, 4) is 112 Å². The van der Waals surface area contributed by atoms with E-state index in [2.05, 4.69) is 328 Å². The van der Waals surface area contributed by atoms with Crippen LogP contribution >= 0.6 is 0 Å². The van der Waals surface area contributed by atoms with Gasteiger partial charge in [0.15, 0.2) is 0 Å². The van der Waals surface area contributed by atoms with E-state index >= 15 is 0 Å². The standard InChI is InChI=1S/C50H34O2.C42H27F3.C40H24F2/c1-51-39-22-20-32-24-37(18-16-34(32)26-39)49-42-14-8-9-15-43(42)50(38-19-17-35-27-40(52-2)23-21-33(35)25-38)48-30-46-44(31-10-4-3-5-11-31)28-36-12-6-7-13-41(36)45(46)29-47(48)49;1-26-11-9-15-29(21-26)40-33-19-7-8-20-34(33)41(30-16-10-17-31(22-30)42(43,44)45)38-24-36-32-18-6-5-14-28(32)23-35(37(36)25-39(38)40)27-12-3-2-4-13-27;41-29-15-8-13-27(20-29)39-32-18-6-7-19-33(32)40(28-14-9-16-30(42)21-28)38-24-36-34(25-10-2-1-3-11-25)22-26-12-4-5-17-31(26)35(36)23-37(38)39/h3-30H,1-2H3;2-25H,1H3;1-24H. The van der Waals surface area contributed by atoms with Crippen molar-refractivity contribution in [2.45, 2.75) is 13.1 Å². The molecule has 0 saturated carbocycles. The molecule has 0 N–H and O–H groups in total. The van der Waals surface area contributed by atoms with Crippen LogP contribution in [-0.4, -0.2) is 14.2 Å². The van der Waals surface area contributed by atoms with E-state index in [0.29, 0.717) is 5.56 Å². The van der Waals surface area contributed by atoms with Crippen molar-refractivity contribution in [3.05, 3.63) is 484 Å². The molecule has 0 heterocycles. The molecule has 0 aliphatic rings. The average Bonchev–Trinajstić information content (AvgIpc) is 0.720. The lowest BCUT2D eigenvalue weighted by Gasteiger charge is -2.21. The Balaban J connectivity index is 0.000000114. The fourth-order valence-corrected chi connectivity index (χ4v) is 21.7. The number of hydrogen-bond acceptors (Lipinski definition) is 2. The predicted molar refractivity (Wildman–Crippen MR) is 576 cm³/mol. The molecule has 0 atom stereocenters. The predicted octanol–water partition coefficient (Wildman–Crippen LogP) is 37.8. The highest BCUT2D eigenvalue weighted by molar-refractivity contribution is 6.31. The molecule has 660 valence electrons. The summed E-state index contributed by atoms with van der Waals surface area (Å²) >= 11 is 0. The molecule has 0 aromatic heterocycles. The highest BCUT2D eigenvalue weighted by Gasteiger charge is 2.32. The van der Waals surface area contributed by atoms with E-state index in [1.165, 1.54) is 112 Å². The molecular weight excluding hydrogens is 1710 g/mol. The maximum atomic E-state index is 14.7. The van der Waals surface area contributed by atoms with Crippen LogP contribution < -0.4 is 9.47 Å². The molecule has 0 spiro atoms. The number of alkyl halides is 3. The van der Waals surface area contributed by atoms with Gasteiger partial charge in [0.05, 0.1) is 19.8 Å². The van der Waals surface area contributed by atoms with Gasteiger partial charge in [0, 0.05) is 0 Å². The molecule has 26 aromatic rings. The zero-order chi connectivity index (χ0) is 93.7. The van der Waals surface area contributed by atoms with Crippen molar-refractivity contribution in [3.63, 3.8) is 0 Å². The molecule has 26 aromatic carbocycles. The fourth-order valence-electron chi connectivity index (χ4n) is 21.7. The Hall–Kier alpha value is -17.4. The van der Waals surface area contributed by atoms with Gasteiger partial charge in [-0.2, -0.15) is 13.2 Å². The van der Waals surface area contributed by atoms with Gasteiger partial charge in [0.1, 0.15) is 23.1 Å². The Morgan fingerprint density at radius 1 is 0.173 bits per heavy atom. The van der Waals surface area contributed by atoms with E-state index < -0.39 is 11.7 Å². The Kier molecular flexibility index (Phi) is 21.2. The normalized spacial score (nSPS) is 11.7. The number of rotatable bonds is 11. The molecule has 7 heteroatoms. The van der Waals surface area contributed by atoms with Gasteiger partial charge in [0.2, 0.25) is 0 Å². The average molecular weight is 1800 g/mol. The second-order valence-electron chi connectivity index (χ2n) is 36.1. The lowest BCUT2D eigenvalue weighted by atomic mass is 9.82. The molecule has 0 unspecified atom stereocenters. The first-order valence-electron chi connectivity index (χ1n) is 46.8. The van der Waals surface area contributed by atoms with Crippen LogP contribution in [0.25, 0.3) is 251 Å². The number of aryl methyl sites for hydroxylation is 1. The highest BCUT2D eigenvalue weighted by atomic mass is 19.4. The van der Waals surface area contributed by atoms with Crippen LogP contribution in [0.15, 0.2) is 461 Å². The van der Waals surface area contributed by atoms with E-state index in [4.69, 9.17) is 9.47 Å². The van der Waals surface area contributed by atoms with Crippen molar-refractivity contribution in [2.75, 3.05) is 14.2 Å². The number of ether oxygens (including phenoxy) is 2. The van der Waals surface area contributed by atoms with Crippen molar-refractivity contribution in [2.24, 2.45) is 0 Å². The first kappa shape index (κ1) is 84.6. The van der Waals surface area contributed by atoms with Crippen LogP contribution in [0.2, 0.25) is 0 Å². The number of hydrogen-bond donors (Lipinski definition) is 0. The maximum absolute atomic E-state index is 14.7. The van der Waals surface area contributed by atoms with E-state index in [1.807, 2.05) is 78.9 Å². The number of benzene rings is 26. The summed E-state index contributed by atoms with van der Waals surface area (Å²) in [6.07, 6.45) is -4.45. The lowest BCUT2D eigenvalue weighted by Crippen LogP contribution is -2.04. The summed E-state index contributed by atoms with van der Waals surface area (Å²) in [5.74, 6) is 1.16. The van der Waals surface area contributed by atoms with Crippen molar-refractivity contribution < 1.29 is 31.4 Å². The molecule has 0 aliphatic heterocycles. The first-order valence-corrected chi connectivity index (χ1v) is 46.8. The maximum Gasteiger partial charge on any atom is 0.416 e. The number of methoxy groups -OCH3 is 2. The summed E-state index contributed by atoms with van der Waals surface area (Å²) in [6, 6.07) is 157. The smallest absolute Gasteiger partial charge is 0.416 e. The van der Waals surface area contributed by atoms with Crippen LogP contribution in [0.5, 0.6) is 11.5 Å². The van der Waals surface area contributed by atoms with Gasteiger partial charge in [-0.25, -0.2) is 8.78 Å². The summed E-state index contributed by atoms with van der Waals surface area (Å²) in [5, 5.41) is 31.4. The fraction of sp³-hybridized carbons (Fsp3) is 0.0303. The number of fused-ring (bicyclic) bond motifs is 17. The Labute approximate surface area is 799 Å². The van der Waals surface area contributed by atoms with Crippen molar-refractivity contribution >= 4 is 151 Å². The molecule has 2 nitrogen and oxygen atoms in total. The SMILES string of the molecule is COc1ccc2cc(-c3c4ccccc4c(-c4ccc5cc(OC)ccc5c4)c4cc5c(cc34)c(-c3ccccc3)cc3ccccc35)ccc2c1.Cc1cccc(-c2c3ccccc3c(-c3cccc(C(F)(F)F)c3)c3cc4c(cc23)c(-c2ccccc2)cc2ccccc24)c1.Fc1cccc(-c2c3ccccc3c(-c3cccc(F)c3)c3cc4c(cc23)c(-c2ccccc2)cc2ccccc24)c1. The van der Waals surface area contributed by atoms with Gasteiger partial charge < -0.3 is 9.47 Å². The van der Waals surface area contributed by atoms with Gasteiger partial charge in [-0.05, 0) is 385 Å². The van der Waals surface area contributed by atoms with Gasteiger partial charge >= 0.3 is 6.18 Å². The summed E-state index contributed by atoms with van der Waals surface area (Å²) in [4.78, 5) is 0. The molecule has 0 amide bonds. The van der Waals surface area contributed by atoms with Crippen LogP contribution in [0.4, 0.5) is 22.0 Å². The topological polar surface area (TPSA) is 18.5 Å². The molecule has 26 rings (SSSR count). The second-order valence-corrected chi connectivity index (χ2v) is 36.1. The third kappa shape index (κ3) is 15.2. The molecule has 0 bridgehead atoms. The quantitative estimate of drug-likeness (QED) is 0.0730. The van der Waals surface area contributed by atoms with E-state index in [0.717, 1.165) is 181 Å². The Morgan fingerprint density at radius 2 is 0.432 bits per heavy atom. The number of halogens is 5. The Bertz CT molecular complexity index is 9500. The zero-order valence-electron chi connectivity index (χ0n) is 76.1. The van der Waals surface area contributed by atoms with Crippen LogP contribution in [-0.2, 0) is 6.18 Å². The highest BCUT2D eigenvalue weighted by Crippen LogP contribution is 2.54. The van der Waals surface area contributed by atoms with E-state index in [9.17, 15) is 22.0 Å². The summed E-state index contributed by atoms with van der Waals surface area (Å²) < 4.78 is 82.6. The largest absolute Gasteiger partial charge is 0.497 e. The zero-order valence-corrected chi connectivity index (χ0v) is 76.1. The van der Waals surface area contributed by atoms with Gasteiger partial charge in [-0.3, -0.25) is 0 Å². The minimum absolute atomic E-state index is 0.281. The molecular formula is C132H85F5O2. The molecule has 0 saturated heterocycles. The van der Waals surface area contributed by atoms with Crippen LogP contribution in [0, 0.1) is 18.6 Å². The molecule has 0 aliphatic carbocycles. The van der Waals surface area contributed by atoms with Crippen LogP contribution in [0.1, 0.15) is 11.1 Å². The van der Waals surface area contributed by atoms with Crippen LogP contribution in [0.3, 0.4) is 0 Å². The third-order valence-corrected chi connectivity index (χ3v) is 27.9. The molecule has 139 heavy (non-hydrogen) atoms. The van der Waals surface area contributed by atoms with Crippen molar-refractivity contribution in [1.29, 1.82) is 0 Å². The van der Waals surface area contributed by atoms with E-state index in [-0.39, 0.29) is 11.6 Å². The summed E-state index contributed by atoms with van der Waals surface area (Å²) in [6.45, 7) is 2.08. The lowest BCUT2D eigenvalue weighted by molar-refractivity contribution is -0.137. The van der Waals surface area contributed by atoms with E-state index in [1.54, 1.807) is 44.6 Å². The van der Waals surface area contributed by atoms with Gasteiger partial charge in [0.25, 0.3) is 0 Å². The minimum atomic E-state index is -4.45. The Morgan fingerprint density at radius 3 is 0.748 bits per heavy atom. The third-order valence-electron chi connectivity index (χ3n) is 27.9.